The molecule has 2 fully saturated rings. The van der Waals surface area contributed by atoms with E-state index in [2.05, 4.69) is 23.1 Å². The van der Waals surface area contributed by atoms with E-state index in [1.54, 1.807) is 0 Å². The normalized spacial score (nSPS) is 32.5. The Kier molecular flexibility index (Phi) is 4.66. The lowest BCUT2D eigenvalue weighted by atomic mass is 9.87. The van der Waals surface area contributed by atoms with E-state index in [-0.39, 0.29) is 12.4 Å². The molecule has 0 amide bonds. The Morgan fingerprint density at radius 1 is 1.27 bits per heavy atom. The summed E-state index contributed by atoms with van der Waals surface area (Å²) in [6.45, 7) is 3.64. The van der Waals surface area contributed by atoms with Crippen LogP contribution in [-0.4, -0.2) is 31.1 Å². The quantitative estimate of drug-likeness (QED) is 0.857. The van der Waals surface area contributed by atoms with Crippen LogP contribution in [0.3, 0.4) is 0 Å². The molecule has 2 heterocycles. The second kappa shape index (κ2) is 6.68. The average molecular weight is 300 g/mol. The molecule has 0 bridgehead atoms. The number of anilines is 1. The molecule has 2 aliphatic heterocycles. The minimum Gasteiger partial charge on any atom is -0.353 e. The Bertz CT molecular complexity index is 522. The lowest BCUT2D eigenvalue weighted by Crippen LogP contribution is -2.54. The van der Waals surface area contributed by atoms with Gasteiger partial charge in [0, 0.05) is 25.3 Å². The molecule has 2 saturated heterocycles. The van der Waals surface area contributed by atoms with Gasteiger partial charge in [-0.05, 0) is 44.7 Å². The summed E-state index contributed by atoms with van der Waals surface area (Å²) in [4.78, 5) is 2.20. The van der Waals surface area contributed by atoms with E-state index < -0.39 is 5.54 Å². The summed E-state index contributed by atoms with van der Waals surface area (Å²) in [6.07, 6.45) is 4.95. The molecule has 3 atom stereocenters. The zero-order valence-corrected chi connectivity index (χ0v) is 13.2. The highest BCUT2D eigenvalue weighted by atomic mass is 16.7. The van der Waals surface area contributed by atoms with E-state index in [0.29, 0.717) is 0 Å². The Balaban J connectivity index is 1.68. The summed E-state index contributed by atoms with van der Waals surface area (Å²) < 4.78 is 11.8. The Morgan fingerprint density at radius 3 is 2.77 bits per heavy atom. The second-order valence-electron chi connectivity index (χ2n) is 6.42. The van der Waals surface area contributed by atoms with Gasteiger partial charge in [-0.2, -0.15) is 5.26 Å². The van der Waals surface area contributed by atoms with Gasteiger partial charge in [0.2, 0.25) is 0 Å². The van der Waals surface area contributed by atoms with Crippen LogP contribution in [0.25, 0.3) is 0 Å². The van der Waals surface area contributed by atoms with E-state index in [0.717, 1.165) is 44.5 Å². The lowest BCUT2D eigenvalue weighted by molar-refractivity contribution is -0.193. The summed E-state index contributed by atoms with van der Waals surface area (Å²) >= 11 is 0. The second-order valence-corrected chi connectivity index (χ2v) is 6.42. The fraction of sp³-hybridized carbons (Fsp3) is 0.611. The molecular formula is C18H24N2O2. The molecule has 4 nitrogen and oxygen atoms in total. The third-order valence-electron chi connectivity index (χ3n) is 4.69. The summed E-state index contributed by atoms with van der Waals surface area (Å²) in [6, 6.07) is 12.7. The molecule has 0 aromatic heterocycles. The van der Waals surface area contributed by atoms with Crippen molar-refractivity contribution in [1.29, 1.82) is 5.26 Å². The largest absolute Gasteiger partial charge is 0.353 e. The molecule has 0 N–H and O–H groups in total. The number of rotatable bonds is 3. The van der Waals surface area contributed by atoms with Crippen molar-refractivity contribution >= 4 is 5.69 Å². The van der Waals surface area contributed by atoms with Crippen molar-refractivity contribution in [3.8, 4) is 6.07 Å². The molecule has 3 rings (SSSR count). The van der Waals surface area contributed by atoms with Crippen molar-refractivity contribution < 1.29 is 9.47 Å². The van der Waals surface area contributed by atoms with Gasteiger partial charge in [-0.1, -0.05) is 18.2 Å². The molecule has 0 saturated carbocycles. The van der Waals surface area contributed by atoms with Crippen LogP contribution in [0.1, 0.15) is 39.0 Å². The van der Waals surface area contributed by atoms with Crippen molar-refractivity contribution in [1.82, 2.24) is 0 Å². The van der Waals surface area contributed by atoms with Gasteiger partial charge in [0.05, 0.1) is 12.2 Å². The van der Waals surface area contributed by atoms with Gasteiger partial charge < -0.3 is 14.4 Å². The van der Waals surface area contributed by atoms with Gasteiger partial charge in [0.25, 0.3) is 0 Å². The summed E-state index contributed by atoms with van der Waals surface area (Å²) in [7, 11) is 0. The first kappa shape index (κ1) is 15.3. The minimum absolute atomic E-state index is 0.0787. The van der Waals surface area contributed by atoms with Crippen LogP contribution in [-0.2, 0) is 9.47 Å². The third-order valence-corrected chi connectivity index (χ3v) is 4.69. The molecule has 0 radical (unpaired) electrons. The van der Waals surface area contributed by atoms with Gasteiger partial charge in [-0.3, -0.25) is 0 Å². The van der Waals surface area contributed by atoms with Gasteiger partial charge >= 0.3 is 0 Å². The molecule has 1 aromatic carbocycles. The van der Waals surface area contributed by atoms with Crippen LogP contribution >= 0.6 is 0 Å². The molecule has 118 valence electrons. The fourth-order valence-corrected chi connectivity index (χ4v) is 3.45. The molecular weight excluding hydrogens is 276 g/mol. The average Bonchev–Trinajstić information content (AvgIpc) is 2.57. The molecule has 1 unspecified atom stereocenters. The van der Waals surface area contributed by atoms with Crippen molar-refractivity contribution in [2.45, 2.75) is 57.0 Å². The lowest BCUT2D eigenvalue weighted by Gasteiger charge is -2.45. The Morgan fingerprint density at radius 2 is 2.09 bits per heavy atom. The topological polar surface area (TPSA) is 45.5 Å². The number of benzene rings is 1. The third kappa shape index (κ3) is 3.26. The smallest absolute Gasteiger partial charge is 0.157 e. The SMILES string of the molecule is C[C@@]1(C#N)C[C@@H](OC2CCCCO2)CCN1c1ccccc1. The highest BCUT2D eigenvalue weighted by molar-refractivity contribution is 5.51. The van der Waals surface area contributed by atoms with Crippen LogP contribution in [0.4, 0.5) is 5.69 Å². The van der Waals surface area contributed by atoms with E-state index >= 15 is 0 Å². The highest BCUT2D eigenvalue weighted by Gasteiger charge is 2.40. The van der Waals surface area contributed by atoms with E-state index in [1.165, 1.54) is 6.42 Å². The van der Waals surface area contributed by atoms with Crippen molar-refractivity contribution in [3.05, 3.63) is 30.3 Å². The van der Waals surface area contributed by atoms with E-state index in [1.807, 2.05) is 25.1 Å². The zero-order chi connectivity index (χ0) is 15.4. The molecule has 4 heteroatoms. The zero-order valence-electron chi connectivity index (χ0n) is 13.2. The summed E-state index contributed by atoms with van der Waals surface area (Å²) in [5.74, 6) is 0. The predicted molar refractivity (Wildman–Crippen MR) is 85.5 cm³/mol. The minimum atomic E-state index is -0.529. The number of ether oxygens (including phenoxy) is 2. The maximum Gasteiger partial charge on any atom is 0.157 e. The molecule has 0 spiro atoms. The standard InChI is InChI=1S/C18H24N2O2/c1-18(14-19)13-16(22-17-9-5-6-12-21-17)10-11-20(18)15-7-3-2-4-8-15/h2-4,7-8,16-17H,5-6,9-13H2,1H3/t16-,17?,18-/m0/s1. The maximum atomic E-state index is 9.73. The Labute approximate surface area is 132 Å². The van der Waals surface area contributed by atoms with Gasteiger partial charge in [0.1, 0.15) is 5.54 Å². The number of nitrogens with zero attached hydrogens (tertiary/aromatic N) is 2. The van der Waals surface area contributed by atoms with Gasteiger partial charge in [-0.25, -0.2) is 0 Å². The van der Waals surface area contributed by atoms with Crippen molar-refractivity contribution in [2.75, 3.05) is 18.1 Å². The first-order valence-corrected chi connectivity index (χ1v) is 8.22. The number of nitriles is 1. The molecule has 1 aromatic rings. The number of hydrogen-bond donors (Lipinski definition) is 0. The first-order valence-electron chi connectivity index (χ1n) is 8.22. The van der Waals surface area contributed by atoms with Gasteiger partial charge in [0.15, 0.2) is 6.29 Å². The summed E-state index contributed by atoms with van der Waals surface area (Å²) in [5.41, 5.74) is 0.581. The number of para-hydroxylation sites is 1. The van der Waals surface area contributed by atoms with Crippen LogP contribution in [0.15, 0.2) is 30.3 Å². The van der Waals surface area contributed by atoms with E-state index in [4.69, 9.17) is 9.47 Å². The fourth-order valence-electron chi connectivity index (χ4n) is 3.45. The van der Waals surface area contributed by atoms with Crippen LogP contribution in [0, 0.1) is 11.3 Å². The molecule has 22 heavy (non-hydrogen) atoms. The molecule has 2 aliphatic rings. The number of hydrogen-bond acceptors (Lipinski definition) is 4. The number of piperidine rings is 1. The monoisotopic (exact) mass is 300 g/mol. The van der Waals surface area contributed by atoms with Crippen LogP contribution < -0.4 is 4.90 Å². The maximum absolute atomic E-state index is 9.73. The first-order chi connectivity index (χ1) is 10.7. The van der Waals surface area contributed by atoms with Crippen molar-refractivity contribution in [2.24, 2.45) is 0 Å². The van der Waals surface area contributed by atoms with Crippen molar-refractivity contribution in [3.63, 3.8) is 0 Å². The van der Waals surface area contributed by atoms with Crippen LogP contribution in [0.5, 0.6) is 0 Å². The molecule has 0 aliphatic carbocycles. The summed E-state index contributed by atoms with van der Waals surface area (Å²) in [5, 5.41) is 9.73. The van der Waals surface area contributed by atoms with E-state index in [9.17, 15) is 5.26 Å². The predicted octanol–water partition coefficient (Wildman–Crippen LogP) is 3.48. The van der Waals surface area contributed by atoms with Crippen LogP contribution in [0.2, 0.25) is 0 Å². The highest BCUT2D eigenvalue weighted by Crippen LogP contribution is 2.34. The Hall–Kier alpha value is -1.57. The van der Waals surface area contributed by atoms with Gasteiger partial charge in [-0.15, -0.1) is 0 Å².